The van der Waals surface area contributed by atoms with Gasteiger partial charge in [0.2, 0.25) is 10.0 Å². The summed E-state index contributed by atoms with van der Waals surface area (Å²) in [5.74, 6) is -1.09. The number of rotatable bonds is 6. The first-order chi connectivity index (χ1) is 16.7. The molecule has 0 saturated carbocycles. The van der Waals surface area contributed by atoms with Gasteiger partial charge in [-0.25, -0.2) is 8.42 Å². The summed E-state index contributed by atoms with van der Waals surface area (Å²) in [5.41, 5.74) is 2.97. The van der Waals surface area contributed by atoms with Crippen molar-refractivity contribution in [2.75, 3.05) is 20.2 Å². The number of sulfonamides is 1. The maximum atomic E-state index is 13.1. The number of ether oxygens (including phenoxy) is 1. The number of aromatic nitrogens is 1. The Labute approximate surface area is 208 Å². The standard InChI is InChI=1S/C25H29N3O5S2/c1-4-18-7-10-21-22(15-18)34-25(28(21)16-23(29)33-3)26-24(30)19-11-13-27(14-12-19)35(31,32)20-8-5-17(2)6-9-20/h5-10,15,19H,4,11-14,16H2,1-3H3. The highest BCUT2D eigenvalue weighted by Crippen LogP contribution is 2.25. The molecular formula is C25H29N3O5S2. The monoisotopic (exact) mass is 515 g/mol. The molecule has 2 heterocycles. The quantitative estimate of drug-likeness (QED) is 0.470. The van der Waals surface area contributed by atoms with Gasteiger partial charge in [0, 0.05) is 19.0 Å². The zero-order chi connectivity index (χ0) is 25.2. The fourth-order valence-electron chi connectivity index (χ4n) is 4.16. The number of hydrogen-bond acceptors (Lipinski definition) is 6. The van der Waals surface area contributed by atoms with Crippen LogP contribution in [-0.2, 0) is 37.3 Å². The highest BCUT2D eigenvalue weighted by molar-refractivity contribution is 7.89. The van der Waals surface area contributed by atoms with E-state index in [-0.39, 0.29) is 36.4 Å². The molecule has 1 fully saturated rings. The molecule has 0 spiro atoms. The minimum Gasteiger partial charge on any atom is -0.468 e. The lowest BCUT2D eigenvalue weighted by atomic mass is 9.98. The number of piperidine rings is 1. The summed E-state index contributed by atoms with van der Waals surface area (Å²) in [6.45, 7) is 4.46. The van der Waals surface area contributed by atoms with Gasteiger partial charge < -0.3 is 9.30 Å². The molecule has 0 aliphatic carbocycles. The van der Waals surface area contributed by atoms with E-state index >= 15 is 0 Å². The molecule has 1 aliphatic rings. The van der Waals surface area contributed by atoms with Crippen molar-refractivity contribution in [3.05, 3.63) is 58.4 Å². The Kier molecular flexibility index (Phi) is 7.53. The first-order valence-corrected chi connectivity index (χ1v) is 13.8. The Hall–Kier alpha value is -2.82. The van der Waals surface area contributed by atoms with E-state index in [1.54, 1.807) is 28.8 Å². The number of fused-ring (bicyclic) bond motifs is 1. The largest absolute Gasteiger partial charge is 0.468 e. The second kappa shape index (κ2) is 10.4. The van der Waals surface area contributed by atoms with Gasteiger partial charge in [-0.05, 0) is 56.0 Å². The minimum absolute atomic E-state index is 0.0404. The van der Waals surface area contributed by atoms with Gasteiger partial charge in [-0.3, -0.25) is 9.59 Å². The molecule has 1 saturated heterocycles. The molecule has 3 aromatic rings. The van der Waals surface area contributed by atoms with E-state index in [2.05, 4.69) is 11.9 Å². The third-order valence-corrected chi connectivity index (χ3v) is 9.29. The topological polar surface area (TPSA) is 98.0 Å². The lowest BCUT2D eigenvalue weighted by Crippen LogP contribution is -2.40. The van der Waals surface area contributed by atoms with Crippen molar-refractivity contribution >= 4 is 43.5 Å². The Morgan fingerprint density at radius 1 is 1.11 bits per heavy atom. The Morgan fingerprint density at radius 3 is 2.43 bits per heavy atom. The molecule has 186 valence electrons. The number of amides is 1. The van der Waals surface area contributed by atoms with Gasteiger partial charge in [-0.15, -0.1) is 0 Å². The summed E-state index contributed by atoms with van der Waals surface area (Å²) in [5, 5.41) is 0. The molecule has 1 aromatic heterocycles. The minimum atomic E-state index is -3.60. The average molecular weight is 516 g/mol. The Balaban J connectivity index is 1.55. The average Bonchev–Trinajstić information content (AvgIpc) is 3.19. The Morgan fingerprint density at radius 2 is 1.80 bits per heavy atom. The van der Waals surface area contributed by atoms with Crippen molar-refractivity contribution in [1.82, 2.24) is 8.87 Å². The molecular weight excluding hydrogens is 486 g/mol. The van der Waals surface area contributed by atoms with Crippen LogP contribution in [0, 0.1) is 12.8 Å². The Bertz CT molecular complexity index is 1410. The van der Waals surface area contributed by atoms with Gasteiger partial charge in [0.15, 0.2) is 4.80 Å². The van der Waals surface area contributed by atoms with Crippen LogP contribution < -0.4 is 4.80 Å². The van der Waals surface area contributed by atoms with E-state index in [1.165, 1.54) is 22.8 Å². The number of carbonyl (C=O) groups is 2. The molecule has 1 aliphatic heterocycles. The molecule has 10 heteroatoms. The molecule has 1 amide bonds. The van der Waals surface area contributed by atoms with Gasteiger partial charge in [0.05, 0.1) is 22.2 Å². The normalized spacial score (nSPS) is 16.0. The number of esters is 1. The molecule has 0 unspecified atom stereocenters. The molecule has 0 bridgehead atoms. The summed E-state index contributed by atoms with van der Waals surface area (Å²) in [6.07, 6.45) is 1.67. The van der Waals surface area contributed by atoms with Crippen molar-refractivity contribution < 1.29 is 22.7 Å². The number of methoxy groups -OCH3 is 1. The first kappa shape index (κ1) is 25.3. The molecule has 2 aromatic carbocycles. The van der Waals surface area contributed by atoms with Crippen molar-refractivity contribution in [3.8, 4) is 0 Å². The van der Waals surface area contributed by atoms with E-state index in [1.807, 2.05) is 25.1 Å². The van der Waals surface area contributed by atoms with Crippen molar-refractivity contribution in [2.45, 2.75) is 44.6 Å². The van der Waals surface area contributed by atoms with E-state index in [9.17, 15) is 18.0 Å². The number of nitrogens with zero attached hydrogens (tertiary/aromatic N) is 3. The van der Waals surface area contributed by atoms with Crippen LogP contribution in [0.4, 0.5) is 0 Å². The van der Waals surface area contributed by atoms with Gasteiger partial charge >= 0.3 is 5.97 Å². The number of thiazole rings is 1. The SMILES string of the molecule is CCc1ccc2c(c1)sc(=NC(=O)C1CCN(S(=O)(=O)c3ccc(C)cc3)CC1)n2CC(=O)OC. The maximum Gasteiger partial charge on any atom is 0.325 e. The molecule has 0 N–H and O–H groups in total. The molecule has 35 heavy (non-hydrogen) atoms. The lowest BCUT2D eigenvalue weighted by molar-refractivity contribution is -0.141. The van der Waals surface area contributed by atoms with Crippen LogP contribution in [0.5, 0.6) is 0 Å². The molecule has 0 radical (unpaired) electrons. The molecule has 0 atom stereocenters. The first-order valence-electron chi connectivity index (χ1n) is 11.6. The smallest absolute Gasteiger partial charge is 0.325 e. The van der Waals surface area contributed by atoms with E-state index in [0.29, 0.717) is 17.6 Å². The summed E-state index contributed by atoms with van der Waals surface area (Å²) in [6, 6.07) is 12.8. The van der Waals surface area contributed by atoms with Crippen LogP contribution in [-0.4, -0.2) is 49.4 Å². The lowest BCUT2D eigenvalue weighted by Gasteiger charge is -2.29. The number of benzene rings is 2. The third-order valence-electron chi connectivity index (χ3n) is 6.34. The zero-order valence-electron chi connectivity index (χ0n) is 20.1. The fourth-order valence-corrected chi connectivity index (χ4v) is 6.73. The van der Waals surface area contributed by atoms with E-state index in [0.717, 1.165) is 27.8 Å². The number of aryl methyl sites for hydroxylation is 2. The second-order valence-corrected chi connectivity index (χ2v) is 11.6. The van der Waals surface area contributed by atoms with Gasteiger partial charge in [0.25, 0.3) is 5.91 Å². The summed E-state index contributed by atoms with van der Waals surface area (Å²) < 4.78 is 34.9. The van der Waals surface area contributed by atoms with Crippen molar-refractivity contribution in [1.29, 1.82) is 0 Å². The maximum absolute atomic E-state index is 13.1. The highest BCUT2D eigenvalue weighted by Gasteiger charge is 2.32. The van der Waals surface area contributed by atoms with Crippen LogP contribution in [0.25, 0.3) is 10.2 Å². The third kappa shape index (κ3) is 5.39. The predicted molar refractivity (Wildman–Crippen MR) is 134 cm³/mol. The van der Waals surface area contributed by atoms with Gasteiger partial charge in [0.1, 0.15) is 6.54 Å². The summed E-state index contributed by atoms with van der Waals surface area (Å²) in [4.78, 5) is 30.2. The predicted octanol–water partition coefficient (Wildman–Crippen LogP) is 3.27. The molecule has 4 rings (SSSR count). The van der Waals surface area contributed by atoms with Gasteiger partial charge in [-0.1, -0.05) is 42.0 Å². The van der Waals surface area contributed by atoms with Crippen LogP contribution in [0.2, 0.25) is 0 Å². The fraction of sp³-hybridized carbons (Fsp3) is 0.400. The number of hydrogen-bond donors (Lipinski definition) is 0. The van der Waals surface area contributed by atoms with Crippen LogP contribution in [0.15, 0.2) is 52.4 Å². The number of carbonyl (C=O) groups excluding carboxylic acids is 2. The highest BCUT2D eigenvalue weighted by atomic mass is 32.2. The van der Waals surface area contributed by atoms with Crippen LogP contribution in [0.1, 0.15) is 30.9 Å². The van der Waals surface area contributed by atoms with Crippen molar-refractivity contribution in [2.24, 2.45) is 10.9 Å². The van der Waals surface area contributed by atoms with Gasteiger partial charge in [-0.2, -0.15) is 9.30 Å². The summed E-state index contributed by atoms with van der Waals surface area (Å²) >= 11 is 1.36. The van der Waals surface area contributed by atoms with E-state index in [4.69, 9.17) is 4.74 Å². The second-order valence-electron chi connectivity index (χ2n) is 8.64. The summed E-state index contributed by atoms with van der Waals surface area (Å²) in [7, 11) is -2.27. The zero-order valence-corrected chi connectivity index (χ0v) is 21.7. The van der Waals surface area contributed by atoms with Crippen LogP contribution in [0.3, 0.4) is 0 Å². The van der Waals surface area contributed by atoms with Crippen molar-refractivity contribution in [3.63, 3.8) is 0 Å². The van der Waals surface area contributed by atoms with E-state index < -0.39 is 16.0 Å². The molecule has 8 nitrogen and oxygen atoms in total. The van der Waals surface area contributed by atoms with Crippen LogP contribution >= 0.6 is 11.3 Å².